The van der Waals surface area contributed by atoms with Crippen LogP contribution in [0, 0.1) is 0 Å². The number of nitrogen functional groups attached to an aromatic ring is 1. The lowest BCUT2D eigenvalue weighted by molar-refractivity contribution is 0.483. The van der Waals surface area contributed by atoms with Crippen LogP contribution in [0.25, 0.3) is 0 Å². The van der Waals surface area contributed by atoms with Crippen molar-refractivity contribution in [2.45, 2.75) is 0 Å². The predicted octanol–water partition coefficient (Wildman–Crippen LogP) is 5.14. The predicted molar refractivity (Wildman–Crippen MR) is 125 cm³/mol. The third-order valence-corrected chi connectivity index (χ3v) is 5.21. The fourth-order valence-corrected chi connectivity index (χ4v) is 3.68. The van der Waals surface area contributed by atoms with Gasteiger partial charge >= 0.3 is 0 Å². The molecule has 0 spiro atoms. The van der Waals surface area contributed by atoms with E-state index in [0.29, 0.717) is 12.5 Å². The Morgan fingerprint density at radius 2 is 1.61 bits per heavy atom. The summed E-state index contributed by atoms with van der Waals surface area (Å²) in [6.07, 6.45) is 1.50. The number of para-hydroxylation sites is 1. The first-order valence-corrected chi connectivity index (χ1v) is 9.99. The van der Waals surface area contributed by atoms with E-state index in [-0.39, 0.29) is 0 Å². The lowest BCUT2D eigenvalue weighted by Crippen LogP contribution is -2.24. The maximum atomic E-state index is 6.27. The van der Waals surface area contributed by atoms with E-state index in [1.54, 1.807) is 0 Å². The summed E-state index contributed by atoms with van der Waals surface area (Å²) in [6.45, 7) is 0.574. The number of benzene rings is 3. The van der Waals surface area contributed by atoms with Crippen molar-refractivity contribution in [2.24, 2.45) is 0 Å². The number of anilines is 6. The summed E-state index contributed by atoms with van der Waals surface area (Å²) in [5.41, 5.74) is 10.1. The van der Waals surface area contributed by atoms with Gasteiger partial charge in [0.05, 0.1) is 0 Å². The van der Waals surface area contributed by atoms with Crippen LogP contribution >= 0.6 is 0 Å². The summed E-state index contributed by atoms with van der Waals surface area (Å²) in [4.78, 5) is 13.0. The van der Waals surface area contributed by atoms with E-state index in [0.717, 1.165) is 40.1 Å². The van der Waals surface area contributed by atoms with Gasteiger partial charge in [-0.3, -0.25) is 0 Å². The van der Waals surface area contributed by atoms with Crippen LogP contribution in [0.1, 0.15) is 0 Å². The molecule has 0 atom stereocenters. The van der Waals surface area contributed by atoms with E-state index in [2.05, 4.69) is 37.2 Å². The lowest BCUT2D eigenvalue weighted by Gasteiger charge is -2.22. The third kappa shape index (κ3) is 3.57. The van der Waals surface area contributed by atoms with Crippen molar-refractivity contribution >= 4 is 34.4 Å². The zero-order valence-corrected chi connectivity index (χ0v) is 17.1. The largest absolute Gasteiger partial charge is 0.457 e. The normalized spacial score (nSPS) is 12.5. The molecule has 4 aromatic rings. The van der Waals surface area contributed by atoms with Crippen LogP contribution in [0.15, 0.2) is 85.2 Å². The zero-order valence-electron chi connectivity index (χ0n) is 17.1. The molecule has 7 heteroatoms. The Morgan fingerprint density at radius 3 is 2.39 bits per heavy atom. The Bertz CT molecular complexity index is 1200. The van der Waals surface area contributed by atoms with Crippen molar-refractivity contribution in [3.63, 3.8) is 0 Å². The van der Waals surface area contributed by atoms with Crippen molar-refractivity contribution in [1.29, 1.82) is 0 Å². The van der Waals surface area contributed by atoms with Gasteiger partial charge < -0.3 is 25.6 Å². The minimum atomic E-state index is 0.446. The minimum absolute atomic E-state index is 0.446. The molecule has 0 saturated heterocycles. The SMILES string of the molecule is CNc1cccc(N2CN(c3ccc(Oc4ccccc4)cc3)c3c(N)ncnc32)c1. The van der Waals surface area contributed by atoms with Crippen LogP contribution < -0.4 is 25.6 Å². The van der Waals surface area contributed by atoms with Crippen LogP contribution in [-0.4, -0.2) is 23.7 Å². The molecule has 0 amide bonds. The van der Waals surface area contributed by atoms with E-state index in [1.165, 1.54) is 6.33 Å². The number of aromatic nitrogens is 2. The first-order valence-electron chi connectivity index (χ1n) is 9.99. The maximum absolute atomic E-state index is 6.27. The molecule has 5 rings (SSSR count). The fourth-order valence-electron chi connectivity index (χ4n) is 3.68. The highest BCUT2D eigenvalue weighted by Crippen LogP contribution is 2.45. The van der Waals surface area contributed by atoms with Gasteiger partial charge in [0.25, 0.3) is 0 Å². The minimum Gasteiger partial charge on any atom is -0.457 e. The molecular weight excluding hydrogens is 388 g/mol. The molecule has 154 valence electrons. The average Bonchev–Trinajstić information content (AvgIpc) is 3.21. The molecule has 1 aliphatic heterocycles. The highest BCUT2D eigenvalue weighted by atomic mass is 16.5. The quantitative estimate of drug-likeness (QED) is 0.471. The molecule has 7 nitrogen and oxygen atoms in total. The molecule has 0 saturated carbocycles. The smallest absolute Gasteiger partial charge is 0.164 e. The van der Waals surface area contributed by atoms with Gasteiger partial charge in [-0.25, -0.2) is 9.97 Å². The van der Waals surface area contributed by atoms with Gasteiger partial charge in [0, 0.05) is 24.1 Å². The molecule has 2 heterocycles. The Balaban J connectivity index is 1.47. The summed E-state index contributed by atoms with van der Waals surface area (Å²) in [6, 6.07) is 25.8. The van der Waals surface area contributed by atoms with Gasteiger partial charge in [-0.2, -0.15) is 0 Å². The number of fused-ring (bicyclic) bond motifs is 1. The van der Waals surface area contributed by atoms with Gasteiger partial charge in [-0.05, 0) is 54.6 Å². The Labute approximate surface area is 180 Å². The molecule has 0 radical (unpaired) electrons. The summed E-state index contributed by atoms with van der Waals surface area (Å²) in [5.74, 6) is 2.80. The summed E-state index contributed by atoms with van der Waals surface area (Å²) < 4.78 is 5.92. The van der Waals surface area contributed by atoms with Crippen LogP contribution in [0.5, 0.6) is 11.5 Å². The molecule has 0 aliphatic carbocycles. The Morgan fingerprint density at radius 1 is 0.839 bits per heavy atom. The van der Waals surface area contributed by atoms with Crippen LogP contribution in [0.2, 0.25) is 0 Å². The standard InChI is InChI=1S/C24H22N6O/c1-26-17-6-5-7-19(14-17)30-16-29(22-23(25)27-15-28-24(22)30)18-10-12-21(13-11-18)31-20-8-3-2-4-9-20/h2-15,26H,16H2,1H3,(H2,25,27,28). The lowest BCUT2D eigenvalue weighted by atomic mass is 10.2. The first-order chi connectivity index (χ1) is 15.2. The number of nitrogens with zero attached hydrogens (tertiary/aromatic N) is 4. The van der Waals surface area contributed by atoms with Crippen molar-refractivity contribution in [2.75, 3.05) is 34.6 Å². The Hall–Kier alpha value is -4.26. The number of nitrogens with one attached hydrogen (secondary N) is 1. The van der Waals surface area contributed by atoms with E-state index in [4.69, 9.17) is 10.5 Å². The highest BCUT2D eigenvalue weighted by molar-refractivity contribution is 5.90. The molecule has 0 bridgehead atoms. The van der Waals surface area contributed by atoms with E-state index in [9.17, 15) is 0 Å². The maximum Gasteiger partial charge on any atom is 0.164 e. The molecule has 1 aromatic heterocycles. The van der Waals surface area contributed by atoms with Crippen molar-refractivity contribution < 1.29 is 4.74 Å². The molecule has 0 fully saturated rings. The van der Waals surface area contributed by atoms with Gasteiger partial charge in [0.15, 0.2) is 11.6 Å². The second-order valence-electron chi connectivity index (χ2n) is 7.14. The number of hydrogen-bond donors (Lipinski definition) is 2. The van der Waals surface area contributed by atoms with Gasteiger partial charge in [-0.15, -0.1) is 0 Å². The van der Waals surface area contributed by atoms with Crippen molar-refractivity contribution in [3.05, 3.63) is 85.2 Å². The topological polar surface area (TPSA) is 79.5 Å². The fraction of sp³-hybridized carbons (Fsp3) is 0.0833. The highest BCUT2D eigenvalue weighted by Gasteiger charge is 2.32. The van der Waals surface area contributed by atoms with E-state index >= 15 is 0 Å². The molecule has 3 N–H and O–H groups in total. The number of ether oxygens (including phenoxy) is 1. The van der Waals surface area contributed by atoms with Crippen LogP contribution in [-0.2, 0) is 0 Å². The van der Waals surface area contributed by atoms with E-state index < -0.39 is 0 Å². The number of nitrogens with two attached hydrogens (primary N) is 1. The summed E-state index contributed by atoms with van der Waals surface area (Å²) >= 11 is 0. The number of hydrogen-bond acceptors (Lipinski definition) is 7. The molecular formula is C24H22N6O. The van der Waals surface area contributed by atoms with E-state index in [1.807, 2.05) is 73.8 Å². The summed E-state index contributed by atoms with van der Waals surface area (Å²) in [5, 5.41) is 3.18. The number of rotatable bonds is 5. The second-order valence-corrected chi connectivity index (χ2v) is 7.14. The zero-order chi connectivity index (χ0) is 21.2. The molecule has 1 aliphatic rings. The van der Waals surface area contributed by atoms with Crippen LogP contribution in [0.4, 0.5) is 34.4 Å². The Kier molecular flexibility index (Phi) is 4.76. The third-order valence-electron chi connectivity index (χ3n) is 5.21. The van der Waals surface area contributed by atoms with Gasteiger partial charge in [0.1, 0.15) is 30.2 Å². The summed E-state index contributed by atoms with van der Waals surface area (Å²) in [7, 11) is 1.91. The van der Waals surface area contributed by atoms with Crippen LogP contribution in [0.3, 0.4) is 0 Å². The monoisotopic (exact) mass is 410 g/mol. The van der Waals surface area contributed by atoms with Crippen molar-refractivity contribution in [3.8, 4) is 11.5 Å². The second kappa shape index (κ2) is 7.87. The van der Waals surface area contributed by atoms with Gasteiger partial charge in [-0.1, -0.05) is 24.3 Å². The van der Waals surface area contributed by atoms with Crippen molar-refractivity contribution in [1.82, 2.24) is 9.97 Å². The first kappa shape index (κ1) is 18.7. The molecule has 3 aromatic carbocycles. The molecule has 0 unspecified atom stereocenters. The molecule has 31 heavy (non-hydrogen) atoms. The average molecular weight is 410 g/mol. The van der Waals surface area contributed by atoms with Gasteiger partial charge in [0.2, 0.25) is 0 Å².